The molecule has 1 aliphatic rings. The molecule has 0 radical (unpaired) electrons. The molecule has 0 aliphatic carbocycles. The molecule has 0 saturated heterocycles. The number of nitrogens with two attached hydrogens (primary N) is 1. The number of hydrogen-bond donors (Lipinski definition) is 1. The van der Waals surface area contributed by atoms with Crippen LogP contribution in [0.15, 0.2) is 42.5 Å². The van der Waals surface area contributed by atoms with E-state index in [1.54, 1.807) is 24.0 Å². The number of rotatable bonds is 2. The van der Waals surface area contributed by atoms with Gasteiger partial charge in [0.25, 0.3) is 5.91 Å². The lowest BCUT2D eigenvalue weighted by Gasteiger charge is -2.33. The molecule has 0 aromatic heterocycles. The first kappa shape index (κ1) is 13.8. The van der Waals surface area contributed by atoms with Crippen LogP contribution >= 0.6 is 11.6 Å². The number of fused-ring (bicyclic) bond motifs is 1. The van der Waals surface area contributed by atoms with E-state index in [-0.39, 0.29) is 5.91 Å². The molecule has 0 bridgehead atoms. The third-order valence-electron chi connectivity index (χ3n) is 3.48. The molecule has 2 aromatic carbocycles. The zero-order chi connectivity index (χ0) is 15.0. The number of nitrogen functional groups attached to an aromatic ring is 1. The third kappa shape index (κ3) is 2.54. The Labute approximate surface area is 128 Å². The van der Waals surface area contributed by atoms with Gasteiger partial charge in [-0.05, 0) is 36.8 Å². The van der Waals surface area contributed by atoms with Crippen LogP contribution in [0.2, 0.25) is 5.02 Å². The molecule has 1 unspecified atom stereocenters. The molecule has 21 heavy (non-hydrogen) atoms. The summed E-state index contributed by atoms with van der Waals surface area (Å²) in [5.74, 6) is 0.623. The predicted molar refractivity (Wildman–Crippen MR) is 83.6 cm³/mol. The number of carbonyl (C=O) groups is 1. The highest BCUT2D eigenvalue weighted by molar-refractivity contribution is 6.31. The van der Waals surface area contributed by atoms with Crippen molar-refractivity contribution >= 4 is 28.9 Å². The molecule has 1 atom stereocenters. The van der Waals surface area contributed by atoms with E-state index in [0.717, 1.165) is 11.3 Å². The Morgan fingerprint density at radius 1 is 1.29 bits per heavy atom. The van der Waals surface area contributed by atoms with Crippen LogP contribution < -0.4 is 15.4 Å². The van der Waals surface area contributed by atoms with E-state index in [1.165, 1.54) is 0 Å². The second-order valence-corrected chi connectivity index (χ2v) is 5.41. The summed E-state index contributed by atoms with van der Waals surface area (Å²) < 4.78 is 5.62. The monoisotopic (exact) mass is 302 g/mol. The summed E-state index contributed by atoms with van der Waals surface area (Å²) in [6, 6.07) is 12.8. The van der Waals surface area contributed by atoms with Gasteiger partial charge in [-0.1, -0.05) is 29.8 Å². The lowest BCUT2D eigenvalue weighted by Crippen LogP contribution is -2.44. The van der Waals surface area contributed by atoms with Crippen molar-refractivity contribution in [3.8, 4) is 5.75 Å². The fourth-order valence-electron chi connectivity index (χ4n) is 2.38. The summed E-state index contributed by atoms with van der Waals surface area (Å²) in [5.41, 5.74) is 7.91. The highest BCUT2D eigenvalue weighted by atomic mass is 35.5. The summed E-state index contributed by atoms with van der Waals surface area (Å²) in [7, 11) is 0. The first-order chi connectivity index (χ1) is 10.1. The maximum absolute atomic E-state index is 12.4. The number of ether oxygens (including phenoxy) is 1. The van der Waals surface area contributed by atoms with Crippen LogP contribution in [0.5, 0.6) is 5.75 Å². The summed E-state index contributed by atoms with van der Waals surface area (Å²) in [6.45, 7) is 2.14. The fourth-order valence-corrected chi connectivity index (χ4v) is 2.63. The Hall–Kier alpha value is -2.20. The van der Waals surface area contributed by atoms with Crippen LogP contribution in [0.4, 0.5) is 11.4 Å². The van der Waals surface area contributed by atoms with Gasteiger partial charge in [-0.3, -0.25) is 4.79 Å². The minimum absolute atomic E-state index is 0.0819. The lowest BCUT2D eigenvalue weighted by molar-refractivity contribution is -0.125. The van der Waals surface area contributed by atoms with Crippen LogP contribution in [-0.2, 0) is 11.3 Å². The average molecular weight is 303 g/mol. The lowest BCUT2D eigenvalue weighted by atomic mass is 10.1. The van der Waals surface area contributed by atoms with Gasteiger partial charge < -0.3 is 15.4 Å². The second-order valence-electron chi connectivity index (χ2n) is 5.00. The number of anilines is 2. The number of benzene rings is 2. The topological polar surface area (TPSA) is 55.6 Å². The molecular formula is C16H15ClN2O2. The standard InChI is InChI=1S/C16H15ClN2O2/c1-10-16(20)19(14-4-2-3-5-15(14)21-10)9-11-6-7-12(18)8-13(11)17/h2-8,10H,9,18H2,1H3. The number of halogens is 1. The van der Waals surface area contributed by atoms with E-state index < -0.39 is 6.10 Å². The summed E-state index contributed by atoms with van der Waals surface area (Å²) in [6.07, 6.45) is -0.507. The SMILES string of the molecule is CC1Oc2ccccc2N(Cc2ccc(N)cc2Cl)C1=O. The van der Waals surface area contributed by atoms with Gasteiger partial charge in [0.1, 0.15) is 5.75 Å². The fraction of sp³-hybridized carbons (Fsp3) is 0.188. The van der Waals surface area contributed by atoms with E-state index >= 15 is 0 Å². The van der Waals surface area contributed by atoms with Crippen molar-refractivity contribution in [2.75, 3.05) is 10.6 Å². The molecular weight excluding hydrogens is 288 g/mol. The zero-order valence-corrected chi connectivity index (χ0v) is 12.3. The molecule has 5 heteroatoms. The van der Waals surface area contributed by atoms with Crippen LogP contribution in [-0.4, -0.2) is 12.0 Å². The van der Waals surface area contributed by atoms with E-state index in [9.17, 15) is 4.79 Å². The maximum atomic E-state index is 12.4. The van der Waals surface area contributed by atoms with Gasteiger partial charge in [0.15, 0.2) is 6.10 Å². The summed E-state index contributed by atoms with van der Waals surface area (Å²) >= 11 is 6.21. The third-order valence-corrected chi connectivity index (χ3v) is 3.83. The molecule has 0 spiro atoms. The van der Waals surface area contributed by atoms with Crippen LogP contribution in [0.3, 0.4) is 0 Å². The Morgan fingerprint density at radius 3 is 2.81 bits per heavy atom. The minimum atomic E-state index is -0.507. The van der Waals surface area contributed by atoms with E-state index in [4.69, 9.17) is 22.1 Å². The highest BCUT2D eigenvalue weighted by Gasteiger charge is 2.31. The van der Waals surface area contributed by atoms with Gasteiger partial charge >= 0.3 is 0 Å². The first-order valence-corrected chi connectivity index (χ1v) is 7.05. The van der Waals surface area contributed by atoms with Crippen molar-refractivity contribution in [2.24, 2.45) is 0 Å². The number of carbonyl (C=O) groups excluding carboxylic acids is 1. The van der Waals surface area contributed by atoms with E-state index in [0.29, 0.717) is 23.0 Å². The van der Waals surface area contributed by atoms with Crippen LogP contribution in [0.1, 0.15) is 12.5 Å². The summed E-state index contributed by atoms with van der Waals surface area (Å²) in [5, 5.41) is 0.555. The molecule has 3 rings (SSSR count). The Balaban J connectivity index is 1.99. The normalized spacial score (nSPS) is 17.3. The molecule has 2 N–H and O–H groups in total. The number of amides is 1. The van der Waals surface area contributed by atoms with Crippen molar-refractivity contribution in [1.82, 2.24) is 0 Å². The van der Waals surface area contributed by atoms with Crippen molar-refractivity contribution < 1.29 is 9.53 Å². The quantitative estimate of drug-likeness (QED) is 0.867. The van der Waals surface area contributed by atoms with Crippen molar-refractivity contribution in [2.45, 2.75) is 19.6 Å². The van der Waals surface area contributed by atoms with Gasteiger partial charge in [-0.15, -0.1) is 0 Å². The highest BCUT2D eigenvalue weighted by Crippen LogP contribution is 2.35. The molecule has 2 aromatic rings. The molecule has 0 fully saturated rings. The second kappa shape index (κ2) is 5.30. The molecule has 4 nitrogen and oxygen atoms in total. The smallest absolute Gasteiger partial charge is 0.268 e. The largest absolute Gasteiger partial charge is 0.479 e. The number of para-hydroxylation sites is 2. The van der Waals surface area contributed by atoms with E-state index in [2.05, 4.69) is 0 Å². The van der Waals surface area contributed by atoms with Crippen molar-refractivity contribution in [3.05, 3.63) is 53.1 Å². The van der Waals surface area contributed by atoms with Crippen LogP contribution in [0, 0.1) is 0 Å². The molecule has 108 valence electrons. The predicted octanol–water partition coefficient (Wildman–Crippen LogP) is 3.24. The number of hydrogen-bond acceptors (Lipinski definition) is 3. The Morgan fingerprint density at radius 2 is 2.05 bits per heavy atom. The average Bonchev–Trinajstić information content (AvgIpc) is 2.46. The maximum Gasteiger partial charge on any atom is 0.268 e. The van der Waals surface area contributed by atoms with Crippen molar-refractivity contribution in [1.29, 1.82) is 0 Å². The Kier molecular flexibility index (Phi) is 3.47. The van der Waals surface area contributed by atoms with Gasteiger partial charge in [0.2, 0.25) is 0 Å². The Bertz CT molecular complexity index is 702. The van der Waals surface area contributed by atoms with Crippen LogP contribution in [0.25, 0.3) is 0 Å². The minimum Gasteiger partial charge on any atom is -0.479 e. The van der Waals surface area contributed by atoms with Crippen molar-refractivity contribution in [3.63, 3.8) is 0 Å². The number of nitrogens with zero attached hydrogens (tertiary/aromatic N) is 1. The molecule has 0 saturated carbocycles. The zero-order valence-electron chi connectivity index (χ0n) is 11.5. The van der Waals surface area contributed by atoms with Gasteiger partial charge in [-0.25, -0.2) is 0 Å². The molecule has 1 amide bonds. The van der Waals surface area contributed by atoms with Gasteiger partial charge in [-0.2, -0.15) is 0 Å². The first-order valence-electron chi connectivity index (χ1n) is 6.67. The molecule has 1 heterocycles. The van der Waals surface area contributed by atoms with Gasteiger partial charge in [0, 0.05) is 10.7 Å². The van der Waals surface area contributed by atoms with Gasteiger partial charge in [0.05, 0.1) is 12.2 Å². The molecule has 1 aliphatic heterocycles. The van der Waals surface area contributed by atoms with E-state index in [1.807, 2.05) is 30.3 Å². The summed E-state index contributed by atoms with van der Waals surface area (Å²) in [4.78, 5) is 14.1.